The Labute approximate surface area is 173 Å². The normalized spacial score (nSPS) is 22.4. The van der Waals surface area contributed by atoms with Crippen LogP contribution in [0.4, 0.5) is 10.5 Å². The molecule has 0 spiro atoms. The first-order valence-electron chi connectivity index (χ1n) is 10.4. The van der Waals surface area contributed by atoms with E-state index in [0.29, 0.717) is 17.5 Å². The molecular weight excluding hydrogens is 370 g/mol. The number of anilines is 1. The van der Waals surface area contributed by atoms with Crippen molar-refractivity contribution in [2.45, 2.75) is 59.0 Å². The van der Waals surface area contributed by atoms with Crippen LogP contribution in [-0.2, 0) is 14.3 Å². The molecule has 0 unspecified atom stereocenters. The number of amides is 3. The van der Waals surface area contributed by atoms with Crippen molar-refractivity contribution in [2.24, 2.45) is 17.8 Å². The molecule has 0 radical (unpaired) electrons. The molecule has 160 valence electrons. The second-order valence-corrected chi connectivity index (χ2v) is 8.24. The zero-order valence-electron chi connectivity index (χ0n) is 17.7. The predicted octanol–water partition coefficient (Wildman–Crippen LogP) is 3.32. The van der Waals surface area contributed by atoms with E-state index in [4.69, 9.17) is 4.74 Å². The molecule has 0 bridgehead atoms. The molecule has 3 amide bonds. The summed E-state index contributed by atoms with van der Waals surface area (Å²) in [6, 6.07) is 7.71. The maximum atomic E-state index is 12.4. The van der Waals surface area contributed by atoms with E-state index in [9.17, 15) is 14.4 Å². The third kappa shape index (κ3) is 7.07. The third-order valence-corrected chi connectivity index (χ3v) is 5.64. The van der Waals surface area contributed by atoms with E-state index in [1.807, 2.05) is 6.07 Å². The molecule has 7 heteroatoms. The molecule has 7 nitrogen and oxygen atoms in total. The molecule has 0 heterocycles. The summed E-state index contributed by atoms with van der Waals surface area (Å²) < 4.78 is 5.19. The highest BCUT2D eigenvalue weighted by atomic mass is 16.5. The molecule has 0 aromatic heterocycles. The molecule has 1 fully saturated rings. The molecule has 3 N–H and O–H groups in total. The first-order chi connectivity index (χ1) is 13.8. The summed E-state index contributed by atoms with van der Waals surface area (Å²) in [5.41, 5.74) is 0.621. The van der Waals surface area contributed by atoms with Gasteiger partial charge in [0.05, 0.1) is 0 Å². The van der Waals surface area contributed by atoms with Crippen molar-refractivity contribution in [3.05, 3.63) is 30.3 Å². The number of rotatable bonds is 7. The summed E-state index contributed by atoms with van der Waals surface area (Å²) in [6.07, 6.45) is 3.21. The Kier molecular flexibility index (Phi) is 8.49. The summed E-state index contributed by atoms with van der Waals surface area (Å²) in [5.74, 6) is -0.153. The number of carbonyl (C=O) groups is 3. The third-order valence-electron chi connectivity index (χ3n) is 5.64. The fourth-order valence-corrected chi connectivity index (χ4v) is 3.59. The van der Waals surface area contributed by atoms with Crippen molar-refractivity contribution in [2.75, 3.05) is 11.9 Å². The Hall–Kier alpha value is -2.57. The zero-order valence-corrected chi connectivity index (χ0v) is 17.7. The van der Waals surface area contributed by atoms with Crippen LogP contribution >= 0.6 is 0 Å². The van der Waals surface area contributed by atoms with Crippen LogP contribution in [0.3, 0.4) is 0 Å². The fraction of sp³-hybridized carbons (Fsp3) is 0.591. The van der Waals surface area contributed by atoms with Crippen LogP contribution in [0.5, 0.6) is 0 Å². The van der Waals surface area contributed by atoms with E-state index in [1.54, 1.807) is 38.1 Å². The number of hydrogen-bond acceptors (Lipinski definition) is 4. The molecule has 1 aliphatic rings. The summed E-state index contributed by atoms with van der Waals surface area (Å²) >= 11 is 0. The molecular formula is C22H33N3O4. The predicted molar refractivity (Wildman–Crippen MR) is 112 cm³/mol. The van der Waals surface area contributed by atoms with Gasteiger partial charge >= 0.3 is 12.0 Å². The van der Waals surface area contributed by atoms with E-state index in [-0.39, 0.29) is 24.5 Å². The lowest BCUT2D eigenvalue weighted by atomic mass is 9.78. The van der Waals surface area contributed by atoms with Gasteiger partial charge in [-0.2, -0.15) is 0 Å². The number of esters is 1. The molecule has 1 aromatic carbocycles. The van der Waals surface area contributed by atoms with E-state index in [2.05, 4.69) is 29.8 Å². The van der Waals surface area contributed by atoms with Gasteiger partial charge in [0, 0.05) is 11.7 Å². The Bertz CT molecular complexity index is 693. The smallest absolute Gasteiger partial charge is 0.329 e. The van der Waals surface area contributed by atoms with Gasteiger partial charge in [-0.25, -0.2) is 9.59 Å². The van der Waals surface area contributed by atoms with Gasteiger partial charge in [-0.1, -0.05) is 58.7 Å². The monoisotopic (exact) mass is 403 g/mol. The lowest BCUT2D eigenvalue weighted by Crippen LogP contribution is -2.48. The Morgan fingerprint density at radius 3 is 2.45 bits per heavy atom. The number of carbonyl (C=O) groups excluding carboxylic acids is 3. The Morgan fingerprint density at radius 2 is 1.79 bits per heavy atom. The second kappa shape index (κ2) is 10.8. The lowest BCUT2D eigenvalue weighted by molar-refractivity contribution is -0.151. The SMILES string of the molecule is CC(C)[C@@H](NC(=O)Nc1ccccc1)C(=O)OCC(=O)N[C@@H]1CCC[C@@H](C)[C@H]1C. The van der Waals surface area contributed by atoms with E-state index in [1.165, 1.54) is 6.42 Å². The zero-order chi connectivity index (χ0) is 21.4. The maximum absolute atomic E-state index is 12.4. The minimum Gasteiger partial charge on any atom is -0.454 e. The Morgan fingerprint density at radius 1 is 1.10 bits per heavy atom. The molecule has 1 aliphatic carbocycles. The van der Waals surface area contributed by atoms with E-state index >= 15 is 0 Å². The standard InChI is InChI=1S/C22H33N3O4/c1-14(2)20(25-22(28)23-17-10-6-5-7-11-17)21(27)29-13-19(26)24-18-12-8-9-15(3)16(18)4/h5-7,10-11,14-16,18,20H,8-9,12-13H2,1-4H3,(H,24,26)(H2,23,25,28)/t15-,16-,18-,20-/m1/s1. The van der Waals surface area contributed by atoms with Gasteiger partial charge in [0.2, 0.25) is 0 Å². The Balaban J connectivity index is 1.82. The molecule has 2 rings (SSSR count). The first-order valence-corrected chi connectivity index (χ1v) is 10.4. The number of ether oxygens (including phenoxy) is 1. The molecule has 1 aromatic rings. The topological polar surface area (TPSA) is 96.5 Å². The number of urea groups is 1. The minimum absolute atomic E-state index is 0.112. The summed E-state index contributed by atoms with van der Waals surface area (Å²) in [7, 11) is 0. The summed E-state index contributed by atoms with van der Waals surface area (Å²) in [5, 5.41) is 8.28. The average Bonchev–Trinajstić information content (AvgIpc) is 2.68. The van der Waals surface area contributed by atoms with Crippen molar-refractivity contribution >= 4 is 23.6 Å². The molecule has 29 heavy (non-hydrogen) atoms. The van der Waals surface area contributed by atoms with Gasteiger partial charge in [0.15, 0.2) is 6.61 Å². The van der Waals surface area contributed by atoms with Crippen molar-refractivity contribution in [3.63, 3.8) is 0 Å². The highest BCUT2D eigenvalue weighted by Gasteiger charge is 2.29. The molecule has 0 aliphatic heterocycles. The highest BCUT2D eigenvalue weighted by molar-refractivity contribution is 5.93. The molecule has 4 atom stereocenters. The van der Waals surface area contributed by atoms with Gasteiger partial charge < -0.3 is 20.7 Å². The number of benzene rings is 1. The first kappa shape index (κ1) is 22.7. The van der Waals surface area contributed by atoms with Crippen LogP contribution in [0, 0.1) is 17.8 Å². The van der Waals surface area contributed by atoms with Gasteiger partial charge in [-0.05, 0) is 36.3 Å². The summed E-state index contributed by atoms with van der Waals surface area (Å²) in [6.45, 7) is 7.61. The van der Waals surface area contributed by atoms with Crippen LogP contribution < -0.4 is 16.0 Å². The lowest BCUT2D eigenvalue weighted by Gasteiger charge is -2.34. The van der Waals surface area contributed by atoms with Crippen LogP contribution in [0.2, 0.25) is 0 Å². The molecule has 1 saturated carbocycles. The van der Waals surface area contributed by atoms with Crippen molar-refractivity contribution in [3.8, 4) is 0 Å². The van der Waals surface area contributed by atoms with E-state index in [0.717, 1.165) is 12.8 Å². The fourth-order valence-electron chi connectivity index (χ4n) is 3.59. The number of para-hydroxylation sites is 1. The average molecular weight is 404 g/mol. The van der Waals surface area contributed by atoms with Crippen LogP contribution in [0.15, 0.2) is 30.3 Å². The minimum atomic E-state index is -0.847. The van der Waals surface area contributed by atoms with Crippen molar-refractivity contribution < 1.29 is 19.1 Å². The maximum Gasteiger partial charge on any atom is 0.329 e. The van der Waals surface area contributed by atoms with Gasteiger partial charge in [-0.15, -0.1) is 0 Å². The largest absolute Gasteiger partial charge is 0.454 e. The van der Waals surface area contributed by atoms with Gasteiger partial charge in [-0.3, -0.25) is 4.79 Å². The summed E-state index contributed by atoms with van der Waals surface area (Å²) in [4.78, 5) is 36.9. The molecule has 0 saturated heterocycles. The van der Waals surface area contributed by atoms with Crippen molar-refractivity contribution in [1.29, 1.82) is 0 Å². The van der Waals surface area contributed by atoms with Gasteiger partial charge in [0.1, 0.15) is 6.04 Å². The second-order valence-electron chi connectivity index (χ2n) is 8.24. The van der Waals surface area contributed by atoms with Crippen LogP contribution in [0.1, 0.15) is 47.0 Å². The number of nitrogens with one attached hydrogen (secondary N) is 3. The number of hydrogen-bond donors (Lipinski definition) is 3. The van der Waals surface area contributed by atoms with Gasteiger partial charge in [0.25, 0.3) is 5.91 Å². The quantitative estimate of drug-likeness (QED) is 0.609. The van der Waals surface area contributed by atoms with Crippen LogP contribution in [-0.4, -0.2) is 36.6 Å². The van der Waals surface area contributed by atoms with Crippen molar-refractivity contribution in [1.82, 2.24) is 10.6 Å². The van der Waals surface area contributed by atoms with E-state index < -0.39 is 18.0 Å². The highest BCUT2D eigenvalue weighted by Crippen LogP contribution is 2.29. The van der Waals surface area contributed by atoms with Crippen LogP contribution in [0.25, 0.3) is 0 Å².